The van der Waals surface area contributed by atoms with E-state index in [4.69, 9.17) is 29.6 Å². The molecule has 2 aromatic carbocycles. The van der Waals surface area contributed by atoms with Gasteiger partial charge < -0.3 is 16.2 Å². The minimum Gasteiger partial charge on any atom is -0.507 e. The van der Waals surface area contributed by atoms with E-state index in [1.807, 2.05) is 0 Å². The minimum absolute atomic E-state index is 0.107. The number of carbonyl (C=O) groups excluding carboxylic acids is 1. The summed E-state index contributed by atoms with van der Waals surface area (Å²) in [6.45, 7) is 0. The lowest BCUT2D eigenvalue weighted by molar-refractivity contribution is 0.102. The molecule has 0 aliphatic heterocycles. The van der Waals surface area contributed by atoms with Crippen molar-refractivity contribution >= 4 is 40.4 Å². The van der Waals surface area contributed by atoms with E-state index in [1.54, 1.807) is 30.3 Å². The summed E-state index contributed by atoms with van der Waals surface area (Å²) < 4.78 is 0. The summed E-state index contributed by atoms with van der Waals surface area (Å²) in [4.78, 5) is 12.3. The molecule has 0 spiro atoms. The first-order chi connectivity index (χ1) is 9.49. The van der Waals surface area contributed by atoms with Gasteiger partial charge in [0.2, 0.25) is 0 Å². The molecule has 0 saturated carbocycles. The molecule has 1 amide bonds. The number of phenols is 1. The number of amides is 1. The summed E-state index contributed by atoms with van der Waals surface area (Å²) in [6, 6.07) is 11.0. The maximum Gasteiger partial charge on any atom is 0.259 e. The molecule has 4 N–H and O–H groups in total. The number of thiocarbonyl (C=S) groups is 1. The Morgan fingerprint density at radius 3 is 2.55 bits per heavy atom. The lowest BCUT2D eigenvalue weighted by Crippen LogP contribution is -2.17. The Balaban J connectivity index is 2.35. The largest absolute Gasteiger partial charge is 0.507 e. The van der Waals surface area contributed by atoms with Crippen molar-refractivity contribution in [3.63, 3.8) is 0 Å². The number of hydrogen-bond acceptors (Lipinski definition) is 3. The number of benzene rings is 2. The standard InChI is InChI=1S/C14H11ClN2O2S/c15-8-5-6-9(13(16)20)11(7-8)17-14(19)10-3-1-2-4-12(10)18/h1-7,18H,(H2,16,20)(H,17,19). The lowest BCUT2D eigenvalue weighted by Gasteiger charge is -2.11. The maximum atomic E-state index is 12.1. The second-order valence-electron chi connectivity index (χ2n) is 4.03. The average molecular weight is 307 g/mol. The van der Waals surface area contributed by atoms with Crippen LogP contribution in [-0.2, 0) is 0 Å². The molecule has 0 fully saturated rings. The number of anilines is 1. The molecule has 6 heteroatoms. The van der Waals surface area contributed by atoms with Crippen molar-refractivity contribution in [3.8, 4) is 5.75 Å². The predicted octanol–water partition coefficient (Wildman–Crippen LogP) is 2.93. The van der Waals surface area contributed by atoms with Gasteiger partial charge in [-0.2, -0.15) is 0 Å². The highest BCUT2D eigenvalue weighted by Gasteiger charge is 2.13. The molecule has 102 valence electrons. The van der Waals surface area contributed by atoms with E-state index in [-0.39, 0.29) is 16.3 Å². The van der Waals surface area contributed by atoms with Gasteiger partial charge in [0.25, 0.3) is 5.91 Å². The molecule has 20 heavy (non-hydrogen) atoms. The van der Waals surface area contributed by atoms with Gasteiger partial charge in [-0.25, -0.2) is 0 Å². The molecule has 0 unspecified atom stereocenters. The molecule has 0 radical (unpaired) electrons. The fraction of sp³-hybridized carbons (Fsp3) is 0. The molecule has 2 aromatic rings. The van der Waals surface area contributed by atoms with Crippen LogP contribution in [0, 0.1) is 0 Å². The molecule has 0 saturated heterocycles. The normalized spacial score (nSPS) is 10.1. The van der Waals surface area contributed by atoms with E-state index < -0.39 is 5.91 Å². The first-order valence-electron chi connectivity index (χ1n) is 5.67. The number of rotatable bonds is 3. The van der Waals surface area contributed by atoms with E-state index in [0.717, 1.165) is 0 Å². The molecule has 0 aliphatic rings. The second kappa shape index (κ2) is 5.90. The topological polar surface area (TPSA) is 75.3 Å². The number of hydrogen-bond donors (Lipinski definition) is 3. The third-order valence-electron chi connectivity index (χ3n) is 2.64. The Hall–Kier alpha value is -2.11. The van der Waals surface area contributed by atoms with Gasteiger partial charge in [0.15, 0.2) is 0 Å². The monoisotopic (exact) mass is 306 g/mol. The van der Waals surface area contributed by atoms with Gasteiger partial charge in [-0.1, -0.05) is 36.0 Å². The van der Waals surface area contributed by atoms with E-state index in [2.05, 4.69) is 5.32 Å². The molecule has 0 aliphatic carbocycles. The van der Waals surface area contributed by atoms with Gasteiger partial charge in [0.1, 0.15) is 10.7 Å². The van der Waals surface area contributed by atoms with E-state index in [0.29, 0.717) is 16.3 Å². The SMILES string of the molecule is NC(=S)c1ccc(Cl)cc1NC(=O)c1ccccc1O. The third kappa shape index (κ3) is 3.07. The molecule has 0 aromatic heterocycles. The summed E-state index contributed by atoms with van der Waals surface area (Å²) in [5.74, 6) is -0.577. The minimum atomic E-state index is -0.470. The summed E-state index contributed by atoms with van der Waals surface area (Å²) in [7, 11) is 0. The zero-order valence-electron chi connectivity index (χ0n) is 10.3. The number of nitrogens with one attached hydrogen (secondary N) is 1. The summed E-state index contributed by atoms with van der Waals surface area (Å²) in [6.07, 6.45) is 0. The van der Waals surface area contributed by atoms with Crippen molar-refractivity contribution in [2.45, 2.75) is 0 Å². The van der Waals surface area contributed by atoms with Gasteiger partial charge >= 0.3 is 0 Å². The predicted molar refractivity (Wildman–Crippen MR) is 83.4 cm³/mol. The number of para-hydroxylation sites is 1. The third-order valence-corrected chi connectivity index (χ3v) is 3.10. The van der Waals surface area contributed by atoms with E-state index in [9.17, 15) is 9.90 Å². The highest BCUT2D eigenvalue weighted by atomic mass is 35.5. The summed E-state index contributed by atoms with van der Waals surface area (Å²) >= 11 is 10.8. The number of phenolic OH excluding ortho intramolecular Hbond substituents is 1. The van der Waals surface area contributed by atoms with Crippen molar-refractivity contribution in [1.29, 1.82) is 0 Å². The zero-order chi connectivity index (χ0) is 14.7. The Kier molecular flexibility index (Phi) is 4.22. The van der Waals surface area contributed by atoms with Gasteiger partial charge in [0.05, 0.1) is 11.3 Å². The highest BCUT2D eigenvalue weighted by Crippen LogP contribution is 2.23. The van der Waals surface area contributed by atoms with Crippen LogP contribution in [0.25, 0.3) is 0 Å². The first-order valence-corrected chi connectivity index (χ1v) is 6.46. The molecule has 0 atom stereocenters. The van der Waals surface area contributed by atoms with Crippen LogP contribution in [0.4, 0.5) is 5.69 Å². The van der Waals surface area contributed by atoms with Gasteiger partial charge in [-0.05, 0) is 30.3 Å². The number of carbonyl (C=O) groups is 1. The van der Waals surface area contributed by atoms with Crippen molar-refractivity contribution in [1.82, 2.24) is 0 Å². The average Bonchev–Trinajstić information content (AvgIpc) is 2.38. The van der Waals surface area contributed by atoms with E-state index in [1.165, 1.54) is 12.1 Å². The molecule has 0 heterocycles. The molecular formula is C14H11ClN2O2S. The summed E-state index contributed by atoms with van der Waals surface area (Å²) in [5.41, 5.74) is 6.66. The van der Waals surface area contributed by atoms with Crippen molar-refractivity contribution in [3.05, 3.63) is 58.6 Å². The van der Waals surface area contributed by atoms with Gasteiger partial charge in [-0.3, -0.25) is 4.79 Å². The second-order valence-corrected chi connectivity index (χ2v) is 4.90. The Morgan fingerprint density at radius 2 is 1.90 bits per heavy atom. The Labute approximate surface area is 126 Å². The van der Waals surface area contributed by atoms with Crippen LogP contribution in [0.2, 0.25) is 5.02 Å². The fourth-order valence-electron chi connectivity index (χ4n) is 1.69. The first kappa shape index (κ1) is 14.3. The molecular weight excluding hydrogens is 296 g/mol. The van der Waals surface area contributed by atoms with Crippen LogP contribution < -0.4 is 11.1 Å². The fourth-order valence-corrected chi connectivity index (χ4v) is 2.04. The zero-order valence-corrected chi connectivity index (χ0v) is 11.8. The van der Waals surface area contributed by atoms with Gasteiger partial charge in [0, 0.05) is 10.6 Å². The maximum absolute atomic E-state index is 12.1. The highest BCUT2D eigenvalue weighted by molar-refractivity contribution is 7.80. The Bertz CT molecular complexity index is 689. The number of nitrogens with two attached hydrogens (primary N) is 1. The number of halogens is 1. The van der Waals surface area contributed by atoms with Crippen molar-refractivity contribution in [2.24, 2.45) is 5.73 Å². The van der Waals surface area contributed by atoms with Crippen LogP contribution in [0.3, 0.4) is 0 Å². The van der Waals surface area contributed by atoms with Gasteiger partial charge in [-0.15, -0.1) is 0 Å². The summed E-state index contributed by atoms with van der Waals surface area (Å²) in [5, 5.41) is 12.7. The molecule has 4 nitrogen and oxygen atoms in total. The Morgan fingerprint density at radius 1 is 1.20 bits per heavy atom. The van der Waals surface area contributed by atoms with E-state index >= 15 is 0 Å². The van der Waals surface area contributed by atoms with Crippen LogP contribution in [0.5, 0.6) is 5.75 Å². The van der Waals surface area contributed by atoms with Crippen molar-refractivity contribution in [2.75, 3.05) is 5.32 Å². The number of aromatic hydroxyl groups is 1. The van der Waals surface area contributed by atoms with Crippen LogP contribution >= 0.6 is 23.8 Å². The smallest absolute Gasteiger partial charge is 0.259 e. The van der Waals surface area contributed by atoms with Crippen LogP contribution in [0.1, 0.15) is 15.9 Å². The van der Waals surface area contributed by atoms with Crippen molar-refractivity contribution < 1.29 is 9.90 Å². The molecule has 2 rings (SSSR count). The molecule has 0 bridgehead atoms. The lowest BCUT2D eigenvalue weighted by atomic mass is 10.1. The van der Waals surface area contributed by atoms with Crippen LogP contribution in [-0.4, -0.2) is 16.0 Å². The quantitative estimate of drug-likeness (QED) is 0.762. The van der Waals surface area contributed by atoms with Crippen LogP contribution in [0.15, 0.2) is 42.5 Å².